The number of nitrogens with zero attached hydrogens (tertiary/aromatic N) is 4. The molecule has 13 nitrogen and oxygen atoms in total. The summed E-state index contributed by atoms with van der Waals surface area (Å²) in [6, 6.07) is 22.0. The number of aryl methyl sites for hydroxylation is 1. The number of H-pyrrole nitrogens is 1. The lowest BCUT2D eigenvalue weighted by atomic mass is 9.96. The third-order valence-corrected chi connectivity index (χ3v) is 11.4. The maximum Gasteiger partial charge on any atom is 0.328 e. The summed E-state index contributed by atoms with van der Waals surface area (Å²) in [5, 5.41) is 30.1. The van der Waals surface area contributed by atoms with Crippen molar-refractivity contribution in [2.75, 3.05) is 30.4 Å². The summed E-state index contributed by atoms with van der Waals surface area (Å²) in [6.45, 7) is 8.99. The minimum absolute atomic E-state index is 0.0397. The fourth-order valence-electron chi connectivity index (χ4n) is 7.70. The molecule has 0 aliphatic carbocycles. The van der Waals surface area contributed by atoms with E-state index < -0.39 is 29.5 Å². The quantitative estimate of drug-likeness (QED) is 0.0418. The van der Waals surface area contributed by atoms with Gasteiger partial charge in [0.2, 0.25) is 11.8 Å². The van der Waals surface area contributed by atoms with Crippen molar-refractivity contribution in [2.24, 2.45) is 0 Å². The van der Waals surface area contributed by atoms with Gasteiger partial charge in [0.25, 0.3) is 0 Å². The molecule has 3 heterocycles. The number of benzene rings is 4. The maximum atomic E-state index is 15.2. The van der Waals surface area contributed by atoms with E-state index in [0.717, 1.165) is 53.9 Å². The number of aliphatic hydroxyl groups excluding tert-OH is 1. The smallest absolute Gasteiger partial charge is 0.328 e. The highest BCUT2D eigenvalue weighted by Gasteiger charge is 2.25. The van der Waals surface area contributed by atoms with E-state index in [1.54, 1.807) is 20.8 Å². The predicted molar refractivity (Wildman–Crippen MR) is 238 cm³/mol. The highest BCUT2D eigenvalue weighted by molar-refractivity contribution is 6.05. The van der Waals surface area contributed by atoms with E-state index in [1.165, 1.54) is 41.6 Å². The standard InChI is InChI=1S/C48H52F2N8O5/c1-28-9-15-35(58-19-17-43(60)56-47(58)62)20-32(28)25-51-42(59)8-6-7-18-57(5)26-30-10-12-31(13-11-30)41-24-38-44(52-27-53-45(38)54-41)37-22-34(49)23-40(29(37)2)55-46(61)36-16-14-33(21-39(36)50)48(3,4)63/h9-16,20-24,27,46,55,61,63H,6-8,17-19,25-26H2,1-5H3,(H,51,59)(H,52,53,54)(H,56,60,62). The molecule has 0 bridgehead atoms. The first kappa shape index (κ1) is 44.5. The van der Waals surface area contributed by atoms with Gasteiger partial charge >= 0.3 is 6.03 Å². The van der Waals surface area contributed by atoms with E-state index in [9.17, 15) is 24.6 Å². The molecule has 1 aliphatic rings. The Morgan fingerprint density at radius 3 is 2.49 bits per heavy atom. The Hall–Kier alpha value is -6.55. The van der Waals surface area contributed by atoms with Gasteiger partial charge in [-0.15, -0.1) is 0 Å². The lowest BCUT2D eigenvalue weighted by molar-refractivity contribution is -0.121. The van der Waals surface area contributed by atoms with E-state index in [4.69, 9.17) is 0 Å². The van der Waals surface area contributed by atoms with Crippen molar-refractivity contribution >= 4 is 40.3 Å². The molecule has 4 amide bonds. The molecule has 63 heavy (non-hydrogen) atoms. The summed E-state index contributed by atoms with van der Waals surface area (Å²) in [5.41, 5.74) is 6.84. The molecule has 0 radical (unpaired) electrons. The van der Waals surface area contributed by atoms with Crippen LogP contribution in [0.2, 0.25) is 0 Å². The Labute approximate surface area is 364 Å². The molecule has 0 spiro atoms. The molecule has 15 heteroatoms. The van der Waals surface area contributed by atoms with E-state index >= 15 is 8.78 Å². The van der Waals surface area contributed by atoms with Gasteiger partial charge in [-0.3, -0.25) is 19.8 Å². The van der Waals surface area contributed by atoms with Crippen LogP contribution in [0.4, 0.5) is 25.0 Å². The Morgan fingerprint density at radius 1 is 0.984 bits per heavy atom. The Bertz CT molecular complexity index is 2660. The maximum absolute atomic E-state index is 15.2. The molecule has 0 saturated carbocycles. The number of aliphatic hydroxyl groups is 2. The van der Waals surface area contributed by atoms with Crippen molar-refractivity contribution in [3.05, 3.63) is 130 Å². The van der Waals surface area contributed by atoms with Crippen molar-refractivity contribution < 1.29 is 33.4 Å². The average molecular weight is 859 g/mol. The number of aromatic amines is 1. The first-order valence-corrected chi connectivity index (χ1v) is 20.9. The van der Waals surface area contributed by atoms with Gasteiger partial charge in [0.05, 0.1) is 11.3 Å². The Kier molecular flexibility index (Phi) is 13.3. The normalized spacial score (nSPS) is 13.7. The number of rotatable bonds is 16. The summed E-state index contributed by atoms with van der Waals surface area (Å²) in [5.74, 6) is -1.61. The number of fused-ring (bicyclic) bond motifs is 1. The predicted octanol–water partition coefficient (Wildman–Crippen LogP) is 7.88. The lowest BCUT2D eigenvalue weighted by Gasteiger charge is -2.27. The van der Waals surface area contributed by atoms with Gasteiger partial charge in [-0.05, 0) is 124 Å². The largest absolute Gasteiger partial charge is 0.386 e. The third kappa shape index (κ3) is 10.6. The average Bonchev–Trinajstić information content (AvgIpc) is 3.68. The van der Waals surface area contributed by atoms with Crippen molar-refractivity contribution in [3.63, 3.8) is 0 Å². The number of urea groups is 1. The molecule has 4 aromatic carbocycles. The lowest BCUT2D eigenvalue weighted by Crippen LogP contribution is -2.49. The van der Waals surface area contributed by atoms with Gasteiger partial charge in [0, 0.05) is 66.1 Å². The summed E-state index contributed by atoms with van der Waals surface area (Å²) >= 11 is 0. The number of anilines is 2. The zero-order chi connectivity index (χ0) is 45.0. The number of amides is 4. The minimum Gasteiger partial charge on any atom is -0.386 e. The summed E-state index contributed by atoms with van der Waals surface area (Å²) < 4.78 is 30.2. The van der Waals surface area contributed by atoms with Crippen LogP contribution in [0.3, 0.4) is 0 Å². The number of nitrogens with one attached hydrogen (secondary N) is 4. The molecule has 1 unspecified atom stereocenters. The molecule has 7 rings (SSSR count). The molecule has 6 N–H and O–H groups in total. The fraction of sp³-hybridized carbons (Fsp3) is 0.312. The first-order valence-electron chi connectivity index (χ1n) is 20.9. The van der Waals surface area contributed by atoms with Crippen molar-refractivity contribution in [1.29, 1.82) is 0 Å². The summed E-state index contributed by atoms with van der Waals surface area (Å²) in [4.78, 5) is 52.6. The minimum atomic E-state index is -1.50. The van der Waals surface area contributed by atoms with Gasteiger partial charge in [0.15, 0.2) is 6.23 Å². The van der Waals surface area contributed by atoms with Crippen LogP contribution < -0.4 is 20.9 Å². The zero-order valence-electron chi connectivity index (χ0n) is 36.0. The number of carbonyl (C=O) groups is 3. The van der Waals surface area contributed by atoms with Gasteiger partial charge in [-0.25, -0.2) is 23.5 Å². The van der Waals surface area contributed by atoms with E-state index in [0.29, 0.717) is 58.6 Å². The number of halogens is 2. The number of unbranched alkanes of at least 4 members (excludes halogenated alkanes) is 1. The zero-order valence-corrected chi connectivity index (χ0v) is 36.0. The molecule has 2 aromatic heterocycles. The SMILES string of the molecule is Cc1ccc(N2CCC(=O)NC2=O)cc1CNC(=O)CCCCN(C)Cc1ccc(-c2cc3c(-c4cc(F)cc(NC(O)c5ccc(C(C)(C)O)cc5F)c4C)ncnc3[nH]2)cc1. The summed E-state index contributed by atoms with van der Waals surface area (Å²) in [7, 11) is 2.05. The van der Waals surface area contributed by atoms with Crippen LogP contribution in [0, 0.1) is 25.5 Å². The molecular weight excluding hydrogens is 807 g/mol. The van der Waals surface area contributed by atoms with Crippen LogP contribution in [0.15, 0.2) is 85.2 Å². The monoisotopic (exact) mass is 858 g/mol. The van der Waals surface area contributed by atoms with Crippen LogP contribution in [0.25, 0.3) is 33.5 Å². The van der Waals surface area contributed by atoms with Crippen LogP contribution in [0.1, 0.15) is 79.1 Å². The van der Waals surface area contributed by atoms with E-state index in [-0.39, 0.29) is 29.5 Å². The van der Waals surface area contributed by atoms with Crippen LogP contribution in [0.5, 0.6) is 0 Å². The van der Waals surface area contributed by atoms with Crippen LogP contribution in [-0.4, -0.2) is 68.0 Å². The second kappa shape index (κ2) is 18.8. The van der Waals surface area contributed by atoms with Crippen LogP contribution in [-0.2, 0) is 28.3 Å². The first-order chi connectivity index (χ1) is 30.0. The number of hydrogen-bond donors (Lipinski definition) is 6. The number of aromatic nitrogens is 3. The molecule has 1 saturated heterocycles. The number of carbonyl (C=O) groups excluding carboxylic acids is 3. The molecular formula is C48H52F2N8O5. The highest BCUT2D eigenvalue weighted by Crippen LogP contribution is 2.36. The van der Waals surface area contributed by atoms with Crippen molar-refractivity contribution in [3.8, 4) is 22.5 Å². The molecule has 1 fully saturated rings. The molecule has 1 atom stereocenters. The topological polar surface area (TPSA) is 176 Å². The number of imide groups is 1. The van der Waals surface area contributed by atoms with Gasteiger partial charge in [-0.2, -0.15) is 0 Å². The van der Waals surface area contributed by atoms with Crippen LogP contribution >= 0.6 is 0 Å². The molecule has 6 aromatic rings. The van der Waals surface area contributed by atoms with E-state index in [2.05, 4.69) is 47.9 Å². The second-order valence-corrected chi connectivity index (χ2v) is 16.7. The van der Waals surface area contributed by atoms with Crippen molar-refractivity contribution in [2.45, 2.75) is 78.3 Å². The third-order valence-electron chi connectivity index (χ3n) is 11.4. The fourth-order valence-corrected chi connectivity index (χ4v) is 7.70. The van der Waals surface area contributed by atoms with Gasteiger partial charge in [-0.1, -0.05) is 42.5 Å². The molecule has 1 aliphatic heterocycles. The van der Waals surface area contributed by atoms with E-state index in [1.807, 2.05) is 50.4 Å². The van der Waals surface area contributed by atoms with Gasteiger partial charge in [0.1, 0.15) is 23.6 Å². The molecule has 328 valence electrons. The highest BCUT2D eigenvalue weighted by atomic mass is 19.1. The van der Waals surface area contributed by atoms with Crippen molar-refractivity contribution in [1.82, 2.24) is 30.5 Å². The summed E-state index contributed by atoms with van der Waals surface area (Å²) in [6.07, 6.45) is 2.12. The Morgan fingerprint density at radius 2 is 1.76 bits per heavy atom. The van der Waals surface area contributed by atoms with Gasteiger partial charge < -0.3 is 30.7 Å². The Balaban J connectivity index is 0.924. The number of hydrogen-bond acceptors (Lipinski definition) is 9. The second-order valence-electron chi connectivity index (χ2n) is 16.7.